The quantitative estimate of drug-likeness (QED) is 0.139. The molecule has 0 aromatic carbocycles. The molecule has 2 fully saturated rings. The van der Waals surface area contributed by atoms with Gasteiger partial charge in [-0.15, -0.1) is 0 Å². The number of phosphoric ester groups is 1. The predicted molar refractivity (Wildman–Crippen MR) is 129 cm³/mol. The average Bonchev–Trinajstić information content (AvgIpc) is 3.55. The molecule has 7 atom stereocenters. The molecule has 3 aromatic heterocycles. The van der Waals surface area contributed by atoms with Crippen molar-refractivity contribution >= 4 is 37.2 Å². The average molecular weight is 591 g/mol. The van der Waals surface area contributed by atoms with Gasteiger partial charge in [0.05, 0.1) is 37.9 Å². The van der Waals surface area contributed by atoms with Gasteiger partial charge in [0.2, 0.25) is 5.82 Å². The number of ether oxygens (including phenoxy) is 2. The highest BCUT2D eigenvalue weighted by atomic mass is 32.1. The van der Waals surface area contributed by atoms with Gasteiger partial charge in [0.1, 0.15) is 35.8 Å². The van der Waals surface area contributed by atoms with Gasteiger partial charge in [-0.25, -0.2) is 19.3 Å². The Hall–Kier alpha value is -2.87. The third-order valence-electron chi connectivity index (χ3n) is 6.22. The number of aromatic amines is 2. The van der Waals surface area contributed by atoms with Gasteiger partial charge in [0.25, 0.3) is 5.56 Å². The number of fused-ring (bicyclic) bond motifs is 1. The molecule has 0 spiro atoms. The van der Waals surface area contributed by atoms with Crippen molar-refractivity contribution in [2.24, 2.45) is 0 Å². The molecule has 39 heavy (non-hydrogen) atoms. The van der Waals surface area contributed by atoms with Gasteiger partial charge in [0.15, 0.2) is 10.6 Å². The molecule has 1 unspecified atom stereocenters. The molecule has 2 aliphatic heterocycles. The summed E-state index contributed by atoms with van der Waals surface area (Å²) in [6.45, 7) is -1.15. The number of halogens is 1. The fourth-order valence-electron chi connectivity index (χ4n) is 4.29. The monoisotopic (exact) mass is 591 g/mol. The van der Waals surface area contributed by atoms with E-state index in [1.807, 2.05) is 0 Å². The van der Waals surface area contributed by atoms with Crippen molar-refractivity contribution in [2.75, 3.05) is 18.9 Å². The fraction of sp³-hybridized carbons (Fsp3) is 0.526. The number of imidazole rings is 1. The van der Waals surface area contributed by atoms with Crippen LogP contribution in [0.15, 0.2) is 22.1 Å². The normalized spacial score (nSPS) is 28.7. The van der Waals surface area contributed by atoms with Gasteiger partial charge in [-0.3, -0.25) is 28.0 Å². The predicted octanol–water partition coefficient (Wildman–Crippen LogP) is -0.809. The molecule has 7 N–H and O–H groups in total. The molecule has 0 saturated carbocycles. The van der Waals surface area contributed by atoms with Crippen LogP contribution < -0.4 is 17.0 Å². The van der Waals surface area contributed by atoms with Gasteiger partial charge in [-0.1, -0.05) is 12.2 Å². The third kappa shape index (κ3) is 5.72. The highest BCUT2D eigenvalue weighted by molar-refractivity contribution is 7.71. The van der Waals surface area contributed by atoms with E-state index in [1.54, 1.807) is 9.55 Å². The molecule has 17 nitrogen and oxygen atoms in total. The van der Waals surface area contributed by atoms with E-state index in [4.69, 9.17) is 36.5 Å². The van der Waals surface area contributed by atoms with Gasteiger partial charge >= 0.3 is 13.5 Å². The van der Waals surface area contributed by atoms with Crippen molar-refractivity contribution in [3.8, 4) is 0 Å². The number of aliphatic hydroxyl groups is 2. The maximum atomic E-state index is 13.6. The van der Waals surface area contributed by atoms with Gasteiger partial charge < -0.3 is 35.3 Å². The molecule has 20 heteroatoms. The zero-order valence-electron chi connectivity index (χ0n) is 19.7. The van der Waals surface area contributed by atoms with Crippen molar-refractivity contribution in [2.45, 2.75) is 49.7 Å². The minimum Gasteiger partial charge on any atom is -0.390 e. The first kappa shape index (κ1) is 27.7. The van der Waals surface area contributed by atoms with Crippen LogP contribution in [0.3, 0.4) is 0 Å². The maximum Gasteiger partial charge on any atom is 0.472 e. The standard InChI is InChI=1S/C19H23FN7O10PS/c20-7-3-26(19(31)24-16(7)30)12-1-8(28)10(36-12)4-34-38(32,33)35-5-11-9(29)2-13(37-11)27-6-22-14-15(27)23-18(21)25-17(14)39/h3,6,8-13,28-29H,1-2,4-5H2,(H,32,33)(H,24,30,31)(H3,21,23,25,39)/t8-,9-,10-,11-,12-,13-/m1/s1. The SMILES string of the molecule is Nc1nc(=S)c2ncn([C@H]3C[C@@H](O)[C@@H](COP(=O)(O)OC[C@H]4O[C@@H](n5cc(F)c(=O)[nH]c5=O)C[C@H]4O)O3)c2[nH]1. The Kier molecular flexibility index (Phi) is 7.53. The Morgan fingerprint density at radius 1 is 1.13 bits per heavy atom. The lowest BCUT2D eigenvalue weighted by Crippen LogP contribution is -2.34. The number of hydrogen-bond donors (Lipinski definition) is 6. The zero-order valence-corrected chi connectivity index (χ0v) is 21.5. The van der Waals surface area contributed by atoms with E-state index in [2.05, 4.69) is 15.0 Å². The number of nitrogens with zero attached hydrogens (tertiary/aromatic N) is 4. The lowest BCUT2D eigenvalue weighted by molar-refractivity contribution is -0.0572. The molecule has 0 radical (unpaired) electrons. The van der Waals surface area contributed by atoms with Crippen molar-refractivity contribution in [1.82, 2.24) is 29.1 Å². The summed E-state index contributed by atoms with van der Waals surface area (Å²) >= 11 is 5.14. The zero-order chi connectivity index (χ0) is 28.1. The van der Waals surface area contributed by atoms with Crippen LogP contribution in [0, 0.1) is 10.5 Å². The summed E-state index contributed by atoms with van der Waals surface area (Å²) in [6, 6.07) is 0. The number of phosphoric acid groups is 1. The lowest BCUT2D eigenvalue weighted by atomic mass is 10.2. The number of hydrogen-bond acceptors (Lipinski definition) is 13. The van der Waals surface area contributed by atoms with Crippen LogP contribution in [0.1, 0.15) is 25.3 Å². The molecular weight excluding hydrogens is 568 g/mol. The fourth-order valence-corrected chi connectivity index (χ4v) is 5.28. The molecule has 0 aliphatic carbocycles. The molecule has 0 amide bonds. The smallest absolute Gasteiger partial charge is 0.390 e. The largest absolute Gasteiger partial charge is 0.472 e. The number of nitrogens with two attached hydrogens (primary N) is 1. The van der Waals surface area contributed by atoms with Crippen molar-refractivity contribution < 1.29 is 42.6 Å². The Labute approximate surface area is 221 Å². The van der Waals surface area contributed by atoms with Gasteiger partial charge in [-0.05, 0) is 0 Å². The molecule has 3 aromatic rings. The Morgan fingerprint density at radius 3 is 2.33 bits per heavy atom. The highest BCUT2D eigenvalue weighted by Crippen LogP contribution is 2.45. The van der Waals surface area contributed by atoms with E-state index in [0.29, 0.717) is 17.4 Å². The van der Waals surface area contributed by atoms with E-state index in [-0.39, 0.29) is 23.4 Å². The molecule has 2 aliphatic rings. The molecular formula is C19H23FN7O10PS. The highest BCUT2D eigenvalue weighted by Gasteiger charge is 2.40. The van der Waals surface area contributed by atoms with Crippen LogP contribution in [0.25, 0.3) is 11.2 Å². The Balaban J connectivity index is 1.16. The topological polar surface area (TPSA) is 242 Å². The number of H-pyrrole nitrogens is 2. The Bertz CT molecular complexity index is 1610. The first-order valence-corrected chi connectivity index (χ1v) is 13.3. The second-order valence-electron chi connectivity index (χ2n) is 8.84. The second-order valence-corrected chi connectivity index (χ2v) is 10.7. The number of aliphatic hydroxyl groups excluding tert-OH is 2. The third-order valence-corrected chi connectivity index (χ3v) is 7.46. The van der Waals surface area contributed by atoms with Crippen LogP contribution >= 0.6 is 20.0 Å². The summed E-state index contributed by atoms with van der Waals surface area (Å²) in [5.74, 6) is -1.17. The van der Waals surface area contributed by atoms with Crippen molar-refractivity contribution in [3.05, 3.63) is 43.8 Å². The van der Waals surface area contributed by atoms with Crippen LogP contribution in [0.5, 0.6) is 0 Å². The molecule has 5 heterocycles. The minimum atomic E-state index is -4.72. The van der Waals surface area contributed by atoms with E-state index < -0.39 is 75.0 Å². The van der Waals surface area contributed by atoms with Crippen LogP contribution in [-0.2, 0) is 23.1 Å². The first-order valence-electron chi connectivity index (χ1n) is 11.4. The summed E-state index contributed by atoms with van der Waals surface area (Å²) in [7, 11) is -4.72. The molecule has 5 rings (SSSR count). The van der Waals surface area contributed by atoms with Crippen LogP contribution in [-0.4, -0.2) is 81.8 Å². The number of nitrogens with one attached hydrogen (secondary N) is 2. The molecule has 0 bridgehead atoms. The lowest BCUT2D eigenvalue weighted by Gasteiger charge is -2.20. The van der Waals surface area contributed by atoms with Crippen molar-refractivity contribution in [3.63, 3.8) is 0 Å². The molecule has 212 valence electrons. The number of nitrogen functional groups attached to an aromatic ring is 1. The van der Waals surface area contributed by atoms with Crippen molar-refractivity contribution in [1.29, 1.82) is 0 Å². The summed E-state index contributed by atoms with van der Waals surface area (Å²) < 4.78 is 49.6. The van der Waals surface area contributed by atoms with E-state index in [0.717, 1.165) is 4.57 Å². The van der Waals surface area contributed by atoms with Gasteiger partial charge in [0, 0.05) is 12.8 Å². The first-order chi connectivity index (χ1) is 18.4. The van der Waals surface area contributed by atoms with E-state index >= 15 is 0 Å². The van der Waals surface area contributed by atoms with Crippen LogP contribution in [0.4, 0.5) is 10.3 Å². The second kappa shape index (κ2) is 10.6. The summed E-state index contributed by atoms with van der Waals surface area (Å²) in [4.78, 5) is 45.9. The van der Waals surface area contributed by atoms with Gasteiger partial charge in [-0.2, -0.15) is 4.39 Å². The molecule has 2 saturated heterocycles. The summed E-state index contributed by atoms with van der Waals surface area (Å²) in [6.07, 6.45) is -4.45. The maximum absolute atomic E-state index is 13.6. The minimum absolute atomic E-state index is 0.0617. The number of aromatic nitrogens is 6. The summed E-state index contributed by atoms with van der Waals surface area (Å²) in [5, 5.41) is 20.6. The van der Waals surface area contributed by atoms with E-state index in [9.17, 15) is 33.7 Å². The number of anilines is 1. The summed E-state index contributed by atoms with van der Waals surface area (Å²) in [5.41, 5.74) is 4.34. The Morgan fingerprint density at radius 2 is 1.72 bits per heavy atom. The number of rotatable bonds is 8. The van der Waals surface area contributed by atoms with Crippen LogP contribution in [0.2, 0.25) is 0 Å². The van der Waals surface area contributed by atoms with E-state index in [1.165, 1.54) is 6.33 Å².